The van der Waals surface area contributed by atoms with E-state index in [2.05, 4.69) is 29.5 Å². The Labute approximate surface area is 160 Å². The van der Waals surface area contributed by atoms with E-state index in [-0.39, 0.29) is 36.4 Å². The van der Waals surface area contributed by atoms with Crippen LogP contribution < -0.4 is 20.1 Å². The number of ether oxygens (including phenoxy) is 3. The number of guanidine groups is 1. The van der Waals surface area contributed by atoms with Crippen molar-refractivity contribution in [3.8, 4) is 11.5 Å². The number of rotatable bonds is 5. The molecule has 2 aliphatic rings. The lowest BCUT2D eigenvalue weighted by Gasteiger charge is -2.24. The van der Waals surface area contributed by atoms with Crippen molar-refractivity contribution < 1.29 is 14.2 Å². The lowest BCUT2D eigenvalue weighted by molar-refractivity contribution is 0.0243. The van der Waals surface area contributed by atoms with Crippen LogP contribution in [-0.4, -0.2) is 38.0 Å². The van der Waals surface area contributed by atoms with Crippen LogP contribution in [0, 0.1) is 0 Å². The molecule has 1 unspecified atom stereocenters. The standard InChI is InChI=1S/C17H25N3O3.HI/c1-3-18-16(20-11-17(2)8-5-9-23-17)19-10-13-6-4-7-14-15(13)22-12-21-14;/h4,6-7H,3,5,8-12H2,1-2H3,(H2,18,19,20);1H. The first-order chi connectivity index (χ1) is 11.2. The van der Waals surface area contributed by atoms with Gasteiger partial charge in [-0.2, -0.15) is 0 Å². The molecular formula is C17H26IN3O3. The normalized spacial score (nSPS) is 22.2. The third-order valence-corrected chi connectivity index (χ3v) is 4.16. The zero-order valence-corrected chi connectivity index (χ0v) is 16.6. The van der Waals surface area contributed by atoms with Gasteiger partial charge in [0.1, 0.15) is 0 Å². The van der Waals surface area contributed by atoms with Gasteiger partial charge in [0, 0.05) is 25.3 Å². The summed E-state index contributed by atoms with van der Waals surface area (Å²) in [7, 11) is 0. The summed E-state index contributed by atoms with van der Waals surface area (Å²) in [6, 6.07) is 5.89. The van der Waals surface area contributed by atoms with Crippen molar-refractivity contribution in [3.05, 3.63) is 23.8 Å². The number of hydrogen-bond acceptors (Lipinski definition) is 4. The molecule has 0 aromatic heterocycles. The molecule has 134 valence electrons. The van der Waals surface area contributed by atoms with Crippen molar-refractivity contribution >= 4 is 29.9 Å². The fraction of sp³-hybridized carbons (Fsp3) is 0.588. The van der Waals surface area contributed by atoms with Crippen LogP contribution in [0.4, 0.5) is 0 Å². The smallest absolute Gasteiger partial charge is 0.231 e. The van der Waals surface area contributed by atoms with E-state index in [9.17, 15) is 0 Å². The molecule has 0 amide bonds. The number of hydrogen-bond donors (Lipinski definition) is 2. The molecule has 0 bridgehead atoms. The van der Waals surface area contributed by atoms with Crippen LogP contribution in [0.3, 0.4) is 0 Å². The predicted molar refractivity (Wildman–Crippen MR) is 104 cm³/mol. The number of nitrogens with zero attached hydrogens (tertiary/aromatic N) is 1. The highest BCUT2D eigenvalue weighted by Gasteiger charge is 2.29. The molecule has 0 aliphatic carbocycles. The van der Waals surface area contributed by atoms with E-state index in [0.717, 1.165) is 55.6 Å². The lowest BCUT2D eigenvalue weighted by atomic mass is 10.0. The number of benzene rings is 1. The fourth-order valence-corrected chi connectivity index (χ4v) is 2.87. The Bertz CT molecular complexity index is 574. The van der Waals surface area contributed by atoms with Crippen molar-refractivity contribution in [3.63, 3.8) is 0 Å². The topological polar surface area (TPSA) is 64.1 Å². The quantitative estimate of drug-likeness (QED) is 0.413. The molecule has 2 N–H and O–H groups in total. The maximum absolute atomic E-state index is 5.81. The van der Waals surface area contributed by atoms with Gasteiger partial charge >= 0.3 is 0 Å². The van der Waals surface area contributed by atoms with Crippen LogP contribution in [0.2, 0.25) is 0 Å². The van der Waals surface area contributed by atoms with Gasteiger partial charge in [-0.1, -0.05) is 12.1 Å². The zero-order chi connectivity index (χ0) is 16.1. The summed E-state index contributed by atoms with van der Waals surface area (Å²) in [5, 5.41) is 6.66. The van der Waals surface area contributed by atoms with Crippen molar-refractivity contribution in [1.82, 2.24) is 10.6 Å². The fourth-order valence-electron chi connectivity index (χ4n) is 2.87. The molecule has 0 spiro atoms. The summed E-state index contributed by atoms with van der Waals surface area (Å²) in [6.45, 7) is 7.44. The number of para-hydroxylation sites is 1. The van der Waals surface area contributed by atoms with E-state index in [1.165, 1.54) is 0 Å². The van der Waals surface area contributed by atoms with Crippen LogP contribution in [-0.2, 0) is 11.3 Å². The molecule has 0 radical (unpaired) electrons. The summed E-state index contributed by atoms with van der Waals surface area (Å²) in [4.78, 5) is 4.66. The summed E-state index contributed by atoms with van der Waals surface area (Å²) < 4.78 is 16.7. The molecule has 0 saturated carbocycles. The van der Waals surface area contributed by atoms with Crippen LogP contribution in [0.25, 0.3) is 0 Å². The van der Waals surface area contributed by atoms with Crippen LogP contribution in [0.1, 0.15) is 32.3 Å². The van der Waals surface area contributed by atoms with Crippen LogP contribution in [0.15, 0.2) is 23.2 Å². The van der Waals surface area contributed by atoms with Gasteiger partial charge < -0.3 is 24.8 Å². The summed E-state index contributed by atoms with van der Waals surface area (Å²) in [5.41, 5.74) is 0.932. The third-order valence-electron chi connectivity index (χ3n) is 4.16. The van der Waals surface area contributed by atoms with Crippen molar-refractivity contribution in [1.29, 1.82) is 0 Å². The number of fused-ring (bicyclic) bond motifs is 1. The van der Waals surface area contributed by atoms with Gasteiger partial charge in [0.2, 0.25) is 6.79 Å². The van der Waals surface area contributed by atoms with Crippen molar-refractivity contribution in [2.45, 2.75) is 38.8 Å². The van der Waals surface area contributed by atoms with E-state index in [0.29, 0.717) is 6.54 Å². The number of nitrogens with one attached hydrogen (secondary N) is 2. The second-order valence-corrected chi connectivity index (χ2v) is 6.10. The van der Waals surface area contributed by atoms with E-state index in [1.54, 1.807) is 0 Å². The number of halogens is 1. The molecule has 1 aromatic rings. The Kier molecular flexibility index (Phi) is 6.97. The maximum Gasteiger partial charge on any atom is 0.231 e. The van der Waals surface area contributed by atoms with Gasteiger partial charge in [0.15, 0.2) is 17.5 Å². The van der Waals surface area contributed by atoms with Gasteiger partial charge in [0.05, 0.1) is 12.1 Å². The molecule has 2 heterocycles. The van der Waals surface area contributed by atoms with Gasteiger partial charge in [-0.15, -0.1) is 24.0 Å². The first kappa shape index (κ1) is 19.1. The SMILES string of the molecule is CCNC(=NCc1cccc2c1OCO2)NCC1(C)CCCO1.I. The minimum atomic E-state index is -0.0961. The van der Waals surface area contributed by atoms with E-state index >= 15 is 0 Å². The predicted octanol–water partition coefficient (Wildman–Crippen LogP) is 2.66. The van der Waals surface area contributed by atoms with E-state index in [1.807, 2.05) is 18.2 Å². The molecule has 1 saturated heterocycles. The Morgan fingerprint density at radius 1 is 1.29 bits per heavy atom. The first-order valence-corrected chi connectivity index (χ1v) is 8.24. The largest absolute Gasteiger partial charge is 0.454 e. The van der Waals surface area contributed by atoms with Crippen molar-refractivity contribution in [2.75, 3.05) is 26.5 Å². The molecule has 2 aliphatic heterocycles. The molecule has 7 heteroatoms. The summed E-state index contributed by atoms with van der Waals surface area (Å²) in [5.74, 6) is 2.39. The molecule has 1 fully saturated rings. The van der Waals surface area contributed by atoms with E-state index < -0.39 is 0 Å². The minimum absolute atomic E-state index is 0. The highest BCUT2D eigenvalue weighted by Crippen LogP contribution is 2.35. The first-order valence-electron chi connectivity index (χ1n) is 8.24. The Morgan fingerprint density at radius 3 is 2.92 bits per heavy atom. The van der Waals surface area contributed by atoms with Gasteiger partial charge in [-0.3, -0.25) is 0 Å². The highest BCUT2D eigenvalue weighted by atomic mass is 127. The summed E-state index contributed by atoms with van der Waals surface area (Å²) >= 11 is 0. The molecule has 6 nitrogen and oxygen atoms in total. The van der Waals surface area contributed by atoms with Gasteiger partial charge in [-0.25, -0.2) is 4.99 Å². The minimum Gasteiger partial charge on any atom is -0.454 e. The van der Waals surface area contributed by atoms with Crippen LogP contribution >= 0.6 is 24.0 Å². The summed E-state index contributed by atoms with van der Waals surface area (Å²) in [6.07, 6.45) is 2.20. The lowest BCUT2D eigenvalue weighted by Crippen LogP contribution is -2.45. The van der Waals surface area contributed by atoms with Crippen LogP contribution in [0.5, 0.6) is 11.5 Å². The van der Waals surface area contributed by atoms with Gasteiger partial charge in [-0.05, 0) is 32.8 Å². The molecule has 3 rings (SSSR count). The zero-order valence-electron chi connectivity index (χ0n) is 14.3. The average molecular weight is 447 g/mol. The Hall–Kier alpha value is -1.22. The van der Waals surface area contributed by atoms with E-state index in [4.69, 9.17) is 14.2 Å². The number of aliphatic imine (C=N–C) groups is 1. The molecule has 1 atom stereocenters. The Balaban J connectivity index is 0.00000208. The third kappa shape index (κ3) is 4.66. The molecule has 24 heavy (non-hydrogen) atoms. The second-order valence-electron chi connectivity index (χ2n) is 6.10. The molecule has 1 aromatic carbocycles. The molecular weight excluding hydrogens is 421 g/mol. The second kappa shape index (κ2) is 8.75. The highest BCUT2D eigenvalue weighted by molar-refractivity contribution is 14.0. The Morgan fingerprint density at radius 2 is 2.17 bits per heavy atom. The van der Waals surface area contributed by atoms with Crippen molar-refractivity contribution in [2.24, 2.45) is 4.99 Å². The maximum atomic E-state index is 5.81. The monoisotopic (exact) mass is 447 g/mol. The van der Waals surface area contributed by atoms with Gasteiger partial charge in [0.25, 0.3) is 0 Å². The average Bonchev–Trinajstić information content (AvgIpc) is 3.19.